The third kappa shape index (κ3) is 6.72. The zero-order chi connectivity index (χ0) is 28.0. The molecule has 0 aliphatic carbocycles. The number of hydrogen-bond acceptors (Lipinski definition) is 11. The maximum atomic E-state index is 13.2. The Morgan fingerprint density at radius 3 is 2.66 bits per heavy atom. The predicted molar refractivity (Wildman–Crippen MR) is 140 cm³/mol. The number of carbonyl (C=O) groups is 4. The molecule has 3 heterocycles. The van der Waals surface area contributed by atoms with Crippen LogP contribution in [0.5, 0.6) is 0 Å². The van der Waals surface area contributed by atoms with Gasteiger partial charge in [-0.25, -0.2) is 14.2 Å². The largest absolute Gasteiger partial charge is 0.427 e. The number of esters is 2. The van der Waals surface area contributed by atoms with Gasteiger partial charge >= 0.3 is 11.9 Å². The maximum absolute atomic E-state index is 13.2. The highest BCUT2D eigenvalue weighted by Crippen LogP contribution is 2.41. The molecule has 1 fully saturated rings. The van der Waals surface area contributed by atoms with Crippen LogP contribution in [0.4, 0.5) is 9.52 Å². The molecular formula is C24H31FN4O7S2. The summed E-state index contributed by atoms with van der Waals surface area (Å²) < 4.78 is 28.0. The lowest BCUT2D eigenvalue weighted by molar-refractivity contribution is -0.173. The number of aromatic nitrogens is 1. The van der Waals surface area contributed by atoms with E-state index in [-0.39, 0.29) is 24.7 Å². The molecule has 2 atom stereocenters. The number of halogens is 1. The second-order valence-electron chi connectivity index (χ2n) is 9.38. The summed E-state index contributed by atoms with van der Waals surface area (Å²) in [6.07, 6.45) is 2.25. The third-order valence-electron chi connectivity index (χ3n) is 5.47. The van der Waals surface area contributed by atoms with E-state index >= 15 is 0 Å². The molecule has 1 aromatic rings. The van der Waals surface area contributed by atoms with Gasteiger partial charge in [-0.3, -0.25) is 19.3 Å². The Labute approximate surface area is 227 Å². The smallest absolute Gasteiger partial charge is 0.358 e. The number of anilines is 1. The van der Waals surface area contributed by atoms with E-state index in [0.717, 1.165) is 0 Å². The van der Waals surface area contributed by atoms with Gasteiger partial charge in [0.15, 0.2) is 5.13 Å². The van der Waals surface area contributed by atoms with Crippen molar-refractivity contribution in [2.24, 2.45) is 5.41 Å². The van der Waals surface area contributed by atoms with Crippen LogP contribution in [-0.2, 0) is 33.4 Å². The van der Waals surface area contributed by atoms with E-state index in [2.05, 4.69) is 10.3 Å². The number of amides is 2. The Bertz CT molecular complexity index is 1150. The number of β-lactam (4-membered cyclic amide) rings is 1. The number of ether oxygens (including phenoxy) is 3. The molecule has 38 heavy (non-hydrogen) atoms. The normalized spacial score (nSPS) is 19.6. The molecule has 3 N–H and O–H groups in total. The van der Waals surface area contributed by atoms with Crippen LogP contribution in [0, 0.1) is 5.41 Å². The van der Waals surface area contributed by atoms with E-state index < -0.39 is 54.1 Å². The number of nitrogen functional groups attached to an aromatic ring is 1. The van der Waals surface area contributed by atoms with Crippen molar-refractivity contribution in [2.45, 2.75) is 45.5 Å². The minimum absolute atomic E-state index is 0.0634. The molecule has 0 radical (unpaired) electrons. The van der Waals surface area contributed by atoms with E-state index in [4.69, 9.17) is 19.9 Å². The fraction of sp³-hybridized carbons (Fsp3) is 0.542. The van der Waals surface area contributed by atoms with Crippen LogP contribution in [0.3, 0.4) is 0 Å². The molecule has 14 heteroatoms. The summed E-state index contributed by atoms with van der Waals surface area (Å²) in [7, 11) is 0. The van der Waals surface area contributed by atoms with Crippen LogP contribution in [0.2, 0.25) is 0 Å². The van der Waals surface area contributed by atoms with Gasteiger partial charge in [0.25, 0.3) is 11.8 Å². The van der Waals surface area contributed by atoms with Gasteiger partial charge in [0.1, 0.15) is 23.8 Å². The molecule has 1 saturated heterocycles. The number of thioether (sulfide) groups is 1. The number of fused-ring (bicyclic) bond motifs is 1. The first-order chi connectivity index (χ1) is 18.0. The summed E-state index contributed by atoms with van der Waals surface area (Å²) in [5, 5.41) is 4.13. The maximum Gasteiger partial charge on any atom is 0.358 e. The summed E-state index contributed by atoms with van der Waals surface area (Å²) in [6, 6.07) is -0.904. The molecule has 0 aromatic carbocycles. The Morgan fingerprint density at radius 2 is 2.05 bits per heavy atom. The Morgan fingerprint density at radius 1 is 1.32 bits per heavy atom. The van der Waals surface area contributed by atoms with E-state index in [0.29, 0.717) is 28.4 Å². The van der Waals surface area contributed by atoms with Crippen LogP contribution in [0.25, 0.3) is 5.57 Å². The van der Waals surface area contributed by atoms with Gasteiger partial charge in [-0.1, -0.05) is 13.0 Å². The highest BCUT2D eigenvalue weighted by atomic mass is 32.2. The first-order valence-corrected chi connectivity index (χ1v) is 13.8. The van der Waals surface area contributed by atoms with E-state index in [1.165, 1.54) is 28.0 Å². The lowest BCUT2D eigenvalue weighted by Crippen LogP contribution is -2.70. The number of carbonyl (C=O) groups excluding carboxylic acids is 4. The number of allylic oxidation sites excluding steroid dienone is 1. The van der Waals surface area contributed by atoms with Gasteiger partial charge in [-0.2, -0.15) is 0 Å². The number of nitrogens with one attached hydrogen (secondary N) is 1. The third-order valence-corrected chi connectivity index (χ3v) is 7.48. The molecule has 0 bridgehead atoms. The fourth-order valence-electron chi connectivity index (χ4n) is 3.60. The van der Waals surface area contributed by atoms with Crippen LogP contribution < -0.4 is 11.1 Å². The first-order valence-electron chi connectivity index (χ1n) is 11.9. The molecule has 3 rings (SSSR count). The summed E-state index contributed by atoms with van der Waals surface area (Å²) in [5.74, 6) is -2.19. The van der Waals surface area contributed by atoms with Crippen molar-refractivity contribution in [1.82, 2.24) is 15.2 Å². The van der Waals surface area contributed by atoms with Gasteiger partial charge in [0.05, 0.1) is 29.9 Å². The molecule has 0 spiro atoms. The molecule has 11 nitrogen and oxygen atoms in total. The number of thiazole rings is 1. The van der Waals surface area contributed by atoms with E-state index in [1.54, 1.807) is 32.2 Å². The van der Waals surface area contributed by atoms with Crippen molar-refractivity contribution < 1.29 is 37.8 Å². The quantitative estimate of drug-likeness (QED) is 0.133. The number of alkyl halides is 1. The zero-order valence-corrected chi connectivity index (χ0v) is 23.2. The number of nitrogens with two attached hydrogens (primary N) is 1. The summed E-state index contributed by atoms with van der Waals surface area (Å²) in [6.45, 7) is 5.21. The van der Waals surface area contributed by atoms with E-state index in [1.807, 2.05) is 6.92 Å². The highest BCUT2D eigenvalue weighted by Gasteiger charge is 2.54. The van der Waals surface area contributed by atoms with Crippen LogP contribution >= 0.6 is 23.1 Å². The average molecular weight is 571 g/mol. The van der Waals surface area contributed by atoms with Gasteiger partial charge in [-0.05, 0) is 32.8 Å². The molecule has 2 aliphatic heterocycles. The molecule has 1 aromatic heterocycles. The number of hydrogen-bond donors (Lipinski definition) is 2. The lowest BCUT2D eigenvalue weighted by atomic mass is 9.98. The van der Waals surface area contributed by atoms with Gasteiger partial charge in [-0.15, -0.1) is 23.1 Å². The number of rotatable bonds is 11. The van der Waals surface area contributed by atoms with Gasteiger partial charge < -0.3 is 25.3 Å². The molecular weight excluding hydrogens is 539 g/mol. The van der Waals surface area contributed by atoms with Crippen LogP contribution in [0.1, 0.15) is 39.8 Å². The van der Waals surface area contributed by atoms with Gasteiger partial charge in [0, 0.05) is 11.1 Å². The van der Waals surface area contributed by atoms with E-state index in [9.17, 15) is 23.6 Å². The minimum Gasteiger partial charge on any atom is -0.427 e. The molecule has 208 valence electrons. The minimum atomic E-state index is -0.904. The Balaban J connectivity index is 1.75. The lowest BCUT2D eigenvalue weighted by Gasteiger charge is -2.49. The molecule has 0 unspecified atom stereocenters. The highest BCUT2D eigenvalue weighted by molar-refractivity contribution is 8.00. The van der Waals surface area contributed by atoms with Crippen molar-refractivity contribution in [1.29, 1.82) is 0 Å². The second kappa shape index (κ2) is 12.7. The van der Waals surface area contributed by atoms with Gasteiger partial charge in [0.2, 0.25) is 6.79 Å². The van der Waals surface area contributed by atoms with Crippen molar-refractivity contribution in [2.75, 3.05) is 38.2 Å². The molecule has 2 amide bonds. The van der Waals surface area contributed by atoms with Crippen molar-refractivity contribution in [3.8, 4) is 0 Å². The molecule has 0 saturated carbocycles. The van der Waals surface area contributed by atoms with Crippen LogP contribution in [-0.4, -0.2) is 77.5 Å². The zero-order valence-electron chi connectivity index (χ0n) is 21.6. The predicted octanol–water partition coefficient (Wildman–Crippen LogP) is 2.25. The second-order valence-corrected chi connectivity index (χ2v) is 11.4. The molecule has 2 aliphatic rings. The topological polar surface area (TPSA) is 150 Å². The Hall–Kier alpha value is -2.97. The van der Waals surface area contributed by atoms with Crippen molar-refractivity contribution in [3.63, 3.8) is 0 Å². The fourth-order valence-corrected chi connectivity index (χ4v) is 5.49. The van der Waals surface area contributed by atoms with Crippen molar-refractivity contribution >= 4 is 57.6 Å². The Kier molecular flexibility index (Phi) is 9.90. The van der Waals surface area contributed by atoms with Crippen molar-refractivity contribution in [3.05, 3.63) is 28.4 Å². The number of nitrogens with zero attached hydrogens (tertiary/aromatic N) is 2. The SMILES string of the molecule is CCC=C(C(=O)N[C@@H]1C(=O)N2C(C(=O)OCOC(=O)C(C)(C)C)=C(COCCF)CS[C@@H]12)c1csc(N)n1. The summed E-state index contributed by atoms with van der Waals surface area (Å²) in [4.78, 5) is 56.6. The summed E-state index contributed by atoms with van der Waals surface area (Å²) in [5.41, 5.74) is 5.98. The first kappa shape index (κ1) is 29.6. The average Bonchev–Trinajstić information content (AvgIpc) is 3.30. The summed E-state index contributed by atoms with van der Waals surface area (Å²) >= 11 is 2.52. The monoisotopic (exact) mass is 570 g/mol. The standard InChI is InChI=1S/C24H31FN4O7S2/c1-5-6-14(15-11-38-23(26)27-15)18(30)28-16-19(31)29-17(13(9-34-8-7-25)10-37-20(16)29)21(32)35-12-36-22(33)24(2,3)4/h6,11,16,20H,5,7-10,12H2,1-4H3,(H2,26,27)(H,28,30)/t16-,20+/m1/s1. The van der Waals surface area contributed by atoms with Crippen LogP contribution in [0.15, 0.2) is 22.7 Å².